The molecule has 6 nitrogen and oxygen atoms in total. The molecule has 0 aliphatic heterocycles. The van der Waals surface area contributed by atoms with Crippen LogP contribution in [0.1, 0.15) is 19.8 Å². The second-order valence-electron chi connectivity index (χ2n) is 2.34. The molecule has 1 N–H and O–H groups in total. The Hall–Kier alpha value is -0.590. The van der Waals surface area contributed by atoms with Crippen molar-refractivity contribution in [2.75, 3.05) is 0 Å². The molecule has 0 bridgehead atoms. The summed E-state index contributed by atoms with van der Waals surface area (Å²) in [5.74, 6) is -3.51. The quantitative estimate of drug-likeness (QED) is 0.364. The second kappa shape index (κ2) is 7.78. The number of carboxylic acids is 2. The summed E-state index contributed by atoms with van der Waals surface area (Å²) in [7, 11) is 0. The van der Waals surface area contributed by atoms with E-state index in [-0.39, 0.29) is 36.0 Å². The molecule has 0 rings (SSSR count). The van der Waals surface area contributed by atoms with E-state index in [1.165, 1.54) is 6.92 Å². The number of ether oxygens (including phenoxy) is 1. The monoisotopic (exact) mass is 212 g/mol. The zero-order valence-corrected chi connectivity index (χ0v) is 9.98. The molecular formula is C7H9NaO6. The van der Waals surface area contributed by atoms with Gasteiger partial charge in [0, 0.05) is 5.97 Å². The van der Waals surface area contributed by atoms with Crippen molar-refractivity contribution in [2.24, 2.45) is 0 Å². The zero-order valence-electron chi connectivity index (χ0n) is 7.98. The number of hydrogen-bond donors (Lipinski definition) is 1. The van der Waals surface area contributed by atoms with Crippen LogP contribution < -0.4 is 34.7 Å². The summed E-state index contributed by atoms with van der Waals surface area (Å²) < 4.78 is 4.33. The van der Waals surface area contributed by atoms with Crippen molar-refractivity contribution < 1.29 is 58.9 Å². The van der Waals surface area contributed by atoms with Gasteiger partial charge in [0.1, 0.15) is 0 Å². The molecule has 0 saturated carbocycles. The molecule has 0 amide bonds. The molecule has 0 aliphatic carbocycles. The van der Waals surface area contributed by atoms with E-state index < -0.39 is 30.4 Å². The Morgan fingerprint density at radius 1 is 1.36 bits per heavy atom. The fourth-order valence-corrected chi connectivity index (χ4v) is 0.511. The van der Waals surface area contributed by atoms with Gasteiger partial charge in [-0.1, -0.05) is 0 Å². The van der Waals surface area contributed by atoms with Gasteiger partial charge in [0.15, 0.2) is 6.10 Å². The van der Waals surface area contributed by atoms with Gasteiger partial charge in [-0.05, 0) is 13.3 Å². The molecule has 0 aliphatic rings. The Morgan fingerprint density at radius 2 is 1.86 bits per heavy atom. The summed E-state index contributed by atoms with van der Waals surface area (Å²) in [4.78, 5) is 30.7. The van der Waals surface area contributed by atoms with Gasteiger partial charge in [-0.3, -0.25) is 4.79 Å². The summed E-state index contributed by atoms with van der Waals surface area (Å²) in [5.41, 5.74) is 0. The van der Waals surface area contributed by atoms with Crippen LogP contribution in [0.2, 0.25) is 0 Å². The van der Waals surface area contributed by atoms with Crippen molar-refractivity contribution in [3.8, 4) is 0 Å². The van der Waals surface area contributed by atoms with Crippen LogP contribution in [0.15, 0.2) is 0 Å². The summed E-state index contributed by atoms with van der Waals surface area (Å²) in [5, 5.41) is 18.2. The van der Waals surface area contributed by atoms with Crippen molar-refractivity contribution in [2.45, 2.75) is 25.9 Å². The Bertz CT molecular complexity index is 226. The molecule has 0 aromatic rings. The molecule has 14 heavy (non-hydrogen) atoms. The predicted octanol–water partition coefficient (Wildman–Crippen LogP) is -4.46. The van der Waals surface area contributed by atoms with Gasteiger partial charge in [0.05, 0.1) is 6.42 Å². The first-order valence-corrected chi connectivity index (χ1v) is 3.55. The van der Waals surface area contributed by atoms with Crippen molar-refractivity contribution in [3.05, 3.63) is 0 Å². The third-order valence-electron chi connectivity index (χ3n) is 1.19. The maximum Gasteiger partial charge on any atom is 1.00 e. The Balaban J connectivity index is 0. The maximum atomic E-state index is 10.7. The third kappa shape index (κ3) is 8.03. The molecule has 0 unspecified atom stereocenters. The molecule has 0 spiro atoms. The third-order valence-corrected chi connectivity index (χ3v) is 1.19. The SMILES string of the molecule is C[C@H](OC(=O)CCC(=O)[O-])C(=O)O.[Na+]. The minimum absolute atomic E-state index is 0. The van der Waals surface area contributed by atoms with Gasteiger partial charge in [-0.15, -0.1) is 0 Å². The first-order valence-electron chi connectivity index (χ1n) is 3.55. The molecule has 0 heterocycles. The van der Waals surface area contributed by atoms with Gasteiger partial charge in [0.25, 0.3) is 0 Å². The van der Waals surface area contributed by atoms with Crippen LogP contribution in [0.25, 0.3) is 0 Å². The summed E-state index contributed by atoms with van der Waals surface area (Å²) >= 11 is 0. The van der Waals surface area contributed by atoms with Gasteiger partial charge < -0.3 is 19.7 Å². The number of carboxylic acid groups (broad SMARTS) is 2. The molecular weight excluding hydrogens is 203 g/mol. The minimum atomic E-state index is -1.38. The smallest absolute Gasteiger partial charge is 0.550 e. The number of carbonyl (C=O) groups is 3. The topological polar surface area (TPSA) is 104 Å². The number of rotatable bonds is 5. The van der Waals surface area contributed by atoms with E-state index in [1.54, 1.807) is 0 Å². The van der Waals surface area contributed by atoms with E-state index in [2.05, 4.69) is 4.74 Å². The van der Waals surface area contributed by atoms with Crippen molar-refractivity contribution in [3.63, 3.8) is 0 Å². The fraction of sp³-hybridized carbons (Fsp3) is 0.571. The normalized spacial score (nSPS) is 10.9. The largest absolute Gasteiger partial charge is 1.00 e. The van der Waals surface area contributed by atoms with Crippen molar-refractivity contribution in [1.29, 1.82) is 0 Å². The number of aliphatic carboxylic acids is 2. The molecule has 7 heteroatoms. The average Bonchev–Trinajstić information content (AvgIpc) is 2.00. The van der Waals surface area contributed by atoms with Crippen LogP contribution >= 0.6 is 0 Å². The van der Waals surface area contributed by atoms with E-state index in [9.17, 15) is 19.5 Å². The Morgan fingerprint density at radius 3 is 2.21 bits per heavy atom. The van der Waals surface area contributed by atoms with E-state index in [4.69, 9.17) is 5.11 Å². The second-order valence-corrected chi connectivity index (χ2v) is 2.34. The van der Waals surface area contributed by atoms with Crippen molar-refractivity contribution in [1.82, 2.24) is 0 Å². The van der Waals surface area contributed by atoms with Gasteiger partial charge in [-0.25, -0.2) is 4.79 Å². The molecule has 74 valence electrons. The fourth-order valence-electron chi connectivity index (χ4n) is 0.511. The van der Waals surface area contributed by atoms with Gasteiger partial charge in [-0.2, -0.15) is 0 Å². The Labute approximate surface area is 103 Å². The van der Waals surface area contributed by atoms with Gasteiger partial charge in [0.2, 0.25) is 0 Å². The Kier molecular flexibility index (Phi) is 8.82. The van der Waals surface area contributed by atoms with E-state index in [1.807, 2.05) is 0 Å². The van der Waals surface area contributed by atoms with E-state index in [0.29, 0.717) is 0 Å². The van der Waals surface area contributed by atoms with Crippen LogP contribution in [-0.4, -0.2) is 29.1 Å². The van der Waals surface area contributed by atoms with Crippen LogP contribution in [-0.2, 0) is 19.1 Å². The summed E-state index contributed by atoms with van der Waals surface area (Å²) in [6.45, 7) is 1.18. The van der Waals surface area contributed by atoms with Gasteiger partial charge >= 0.3 is 41.5 Å². The predicted molar refractivity (Wildman–Crippen MR) is 37.4 cm³/mol. The zero-order chi connectivity index (χ0) is 10.4. The molecule has 0 radical (unpaired) electrons. The first kappa shape index (κ1) is 15.9. The van der Waals surface area contributed by atoms with Crippen LogP contribution in [0.5, 0.6) is 0 Å². The molecule has 0 aromatic carbocycles. The number of esters is 1. The van der Waals surface area contributed by atoms with Crippen LogP contribution in [0.3, 0.4) is 0 Å². The van der Waals surface area contributed by atoms with Crippen LogP contribution in [0, 0.1) is 0 Å². The summed E-state index contributed by atoms with van der Waals surface area (Å²) in [6, 6.07) is 0. The molecule has 0 aromatic heterocycles. The maximum absolute atomic E-state index is 10.7. The average molecular weight is 212 g/mol. The van der Waals surface area contributed by atoms with Crippen LogP contribution in [0.4, 0.5) is 0 Å². The summed E-state index contributed by atoms with van der Waals surface area (Å²) in [6.07, 6.45) is -2.10. The first-order chi connectivity index (χ1) is 5.93. The molecule has 0 saturated heterocycles. The molecule has 1 atom stereocenters. The standard InChI is InChI=1S/C7H10O6.Na/c1-4(7(11)12)13-6(10)3-2-5(8)9;/h4H,2-3H2,1H3,(H,8,9)(H,11,12);/q;+1/p-1/t4-;/m0./s1. The van der Waals surface area contributed by atoms with E-state index in [0.717, 1.165) is 0 Å². The minimum Gasteiger partial charge on any atom is -0.550 e. The van der Waals surface area contributed by atoms with E-state index >= 15 is 0 Å². The number of carbonyl (C=O) groups excluding carboxylic acids is 2. The van der Waals surface area contributed by atoms with Crippen molar-refractivity contribution >= 4 is 17.9 Å². The molecule has 0 fully saturated rings. The number of hydrogen-bond acceptors (Lipinski definition) is 5.